The highest BCUT2D eigenvalue weighted by atomic mass is 19.4. The highest BCUT2D eigenvalue weighted by molar-refractivity contribution is 5.93. The molecule has 0 bridgehead atoms. The van der Waals surface area contributed by atoms with Crippen LogP contribution in [-0.4, -0.2) is 64.1 Å². The molecule has 0 aliphatic heterocycles. The number of anilines is 1. The minimum atomic E-state index is -4.84. The first-order valence-corrected chi connectivity index (χ1v) is 13.8. The van der Waals surface area contributed by atoms with Gasteiger partial charge >= 0.3 is 6.18 Å². The lowest BCUT2D eigenvalue weighted by Gasteiger charge is -2.29. The molecule has 0 saturated heterocycles. The van der Waals surface area contributed by atoms with Gasteiger partial charge in [-0.05, 0) is 52.5 Å². The number of halogens is 4. The molecule has 10 nitrogen and oxygen atoms in total. The van der Waals surface area contributed by atoms with Gasteiger partial charge in [0.25, 0.3) is 5.88 Å². The molecule has 1 aliphatic rings. The number of hydrogen-bond donors (Lipinski definition) is 3. The van der Waals surface area contributed by atoms with E-state index in [-0.39, 0.29) is 12.6 Å². The van der Waals surface area contributed by atoms with Crippen LogP contribution in [0.1, 0.15) is 58.1 Å². The molecule has 0 radical (unpaired) electrons. The van der Waals surface area contributed by atoms with E-state index in [1.165, 1.54) is 13.8 Å². The predicted octanol–water partition coefficient (Wildman–Crippen LogP) is 4.97. The Hall–Kier alpha value is -3.78. The van der Waals surface area contributed by atoms with Gasteiger partial charge in [-0.25, -0.2) is 14.4 Å². The summed E-state index contributed by atoms with van der Waals surface area (Å²) in [5.41, 5.74) is -0.491. The van der Waals surface area contributed by atoms with Crippen molar-refractivity contribution in [1.29, 1.82) is 0 Å². The van der Waals surface area contributed by atoms with Crippen molar-refractivity contribution >= 4 is 16.7 Å². The quantitative estimate of drug-likeness (QED) is 0.233. The fourth-order valence-electron chi connectivity index (χ4n) is 5.08. The van der Waals surface area contributed by atoms with Crippen LogP contribution in [0.4, 0.5) is 23.4 Å². The second kappa shape index (κ2) is 11.5. The minimum absolute atomic E-state index is 0.0515. The molecule has 14 heteroatoms. The fourth-order valence-corrected chi connectivity index (χ4v) is 5.08. The zero-order valence-corrected chi connectivity index (χ0v) is 23.4. The average molecular weight is 592 g/mol. The van der Waals surface area contributed by atoms with E-state index in [2.05, 4.69) is 20.4 Å². The van der Waals surface area contributed by atoms with Gasteiger partial charge in [0.15, 0.2) is 5.82 Å². The van der Waals surface area contributed by atoms with Crippen LogP contribution in [0.25, 0.3) is 22.2 Å². The van der Waals surface area contributed by atoms with Crippen molar-refractivity contribution < 1.29 is 32.5 Å². The van der Waals surface area contributed by atoms with E-state index in [0.29, 0.717) is 55.4 Å². The lowest BCUT2D eigenvalue weighted by Crippen LogP contribution is -2.39. The second-order valence-corrected chi connectivity index (χ2v) is 11.1. The Morgan fingerprint density at radius 1 is 1.14 bits per heavy atom. The number of ether oxygens (including phenoxy) is 1. The maximum Gasteiger partial charge on any atom is 0.419 e. The summed E-state index contributed by atoms with van der Waals surface area (Å²) in [5.74, 6) is -1.47. The van der Waals surface area contributed by atoms with Crippen molar-refractivity contribution in [2.45, 2.75) is 83.0 Å². The summed E-state index contributed by atoms with van der Waals surface area (Å²) >= 11 is 0. The Balaban J connectivity index is 1.38. The van der Waals surface area contributed by atoms with E-state index < -0.39 is 41.2 Å². The van der Waals surface area contributed by atoms with Crippen molar-refractivity contribution in [3.8, 4) is 17.1 Å². The van der Waals surface area contributed by atoms with Crippen LogP contribution in [0, 0.1) is 5.82 Å². The molecule has 1 atom stereocenters. The molecule has 226 valence electrons. The Kier molecular flexibility index (Phi) is 8.12. The smallest absolute Gasteiger partial charge is 0.419 e. The third kappa shape index (κ3) is 6.19. The summed E-state index contributed by atoms with van der Waals surface area (Å²) in [6.07, 6.45) is 1.80. The highest BCUT2D eigenvalue weighted by Gasteiger charge is 2.36. The number of nitrogens with zero attached hydrogens (tertiary/aromatic N) is 6. The van der Waals surface area contributed by atoms with Gasteiger partial charge in [0, 0.05) is 42.2 Å². The van der Waals surface area contributed by atoms with Crippen LogP contribution in [0.3, 0.4) is 0 Å². The summed E-state index contributed by atoms with van der Waals surface area (Å²) in [7, 11) is 0. The van der Waals surface area contributed by atoms with Crippen LogP contribution in [0.5, 0.6) is 5.88 Å². The van der Waals surface area contributed by atoms with Crippen molar-refractivity contribution in [2.24, 2.45) is 0 Å². The Bertz CT molecular complexity index is 1540. The number of fused-ring (bicyclic) bond motifs is 1. The van der Waals surface area contributed by atoms with Crippen LogP contribution >= 0.6 is 0 Å². The molecule has 3 N–H and O–H groups in total. The molecule has 4 aromatic rings. The Labute approximate surface area is 239 Å². The number of aromatic nitrogens is 6. The molecule has 0 aromatic carbocycles. The van der Waals surface area contributed by atoms with Crippen LogP contribution in [-0.2, 0) is 12.7 Å². The maximum atomic E-state index is 14.5. The van der Waals surface area contributed by atoms with E-state index >= 15 is 0 Å². The summed E-state index contributed by atoms with van der Waals surface area (Å²) in [6.45, 7) is 5.79. The molecule has 5 rings (SSSR count). The molecule has 0 amide bonds. The Morgan fingerprint density at radius 2 is 1.88 bits per heavy atom. The van der Waals surface area contributed by atoms with Gasteiger partial charge in [-0.3, -0.25) is 9.36 Å². The molecule has 0 unspecified atom stereocenters. The summed E-state index contributed by atoms with van der Waals surface area (Å²) in [6, 6.07) is 2.46. The van der Waals surface area contributed by atoms with Crippen molar-refractivity contribution in [3.63, 3.8) is 0 Å². The normalized spacial score (nSPS) is 18.8. The molecule has 0 spiro atoms. The van der Waals surface area contributed by atoms with E-state index in [0.717, 1.165) is 17.1 Å². The van der Waals surface area contributed by atoms with Crippen LogP contribution in [0.15, 0.2) is 36.9 Å². The van der Waals surface area contributed by atoms with Gasteiger partial charge in [0.2, 0.25) is 0 Å². The highest BCUT2D eigenvalue weighted by Crippen LogP contribution is 2.38. The van der Waals surface area contributed by atoms with Gasteiger partial charge in [0.05, 0.1) is 35.5 Å². The fraction of sp³-hybridized carbons (Fsp3) is 0.500. The summed E-state index contributed by atoms with van der Waals surface area (Å²) < 4.78 is 62.9. The minimum Gasteiger partial charge on any atom is -0.472 e. The molecule has 4 heterocycles. The van der Waals surface area contributed by atoms with Crippen LogP contribution in [0.2, 0.25) is 0 Å². The maximum absolute atomic E-state index is 14.5. The number of alkyl halides is 3. The molecule has 42 heavy (non-hydrogen) atoms. The summed E-state index contributed by atoms with van der Waals surface area (Å²) in [4.78, 5) is 8.21. The number of aliphatic hydroxyl groups excluding tert-OH is 1. The van der Waals surface area contributed by atoms with Gasteiger partial charge in [0.1, 0.15) is 23.7 Å². The van der Waals surface area contributed by atoms with E-state index in [1.807, 2.05) is 17.7 Å². The average Bonchev–Trinajstić information content (AvgIpc) is 3.54. The molecule has 1 fully saturated rings. The van der Waals surface area contributed by atoms with E-state index in [9.17, 15) is 27.8 Å². The van der Waals surface area contributed by atoms with Crippen molar-refractivity contribution in [3.05, 3.63) is 48.3 Å². The Morgan fingerprint density at radius 3 is 2.55 bits per heavy atom. The molecule has 4 aromatic heterocycles. The first kappa shape index (κ1) is 29.7. The second-order valence-electron chi connectivity index (χ2n) is 11.1. The SMILES string of the molecule is CCNc1cc2c(cn1)c(-c1cnn(C[C@@H](O)C(C)(C)O)c1)nn2C1CCC(Oc2nccc(C(F)(F)F)c2F)CC1. The van der Waals surface area contributed by atoms with Gasteiger partial charge in [-0.2, -0.15) is 23.4 Å². The monoisotopic (exact) mass is 591 g/mol. The van der Waals surface area contributed by atoms with E-state index in [4.69, 9.17) is 9.84 Å². The van der Waals surface area contributed by atoms with Gasteiger partial charge < -0.3 is 20.3 Å². The van der Waals surface area contributed by atoms with Crippen LogP contribution < -0.4 is 10.1 Å². The zero-order valence-electron chi connectivity index (χ0n) is 23.4. The third-order valence-electron chi connectivity index (χ3n) is 7.46. The molecule has 1 aliphatic carbocycles. The van der Waals surface area contributed by atoms with Crippen molar-refractivity contribution in [1.82, 2.24) is 29.5 Å². The lowest BCUT2D eigenvalue weighted by molar-refractivity contribution is -0.140. The molecular formula is C28H33F4N7O3. The van der Waals surface area contributed by atoms with Gasteiger partial charge in [-0.1, -0.05) is 0 Å². The molecule has 1 saturated carbocycles. The van der Waals surface area contributed by atoms with Crippen molar-refractivity contribution in [2.75, 3.05) is 11.9 Å². The summed E-state index contributed by atoms with van der Waals surface area (Å²) in [5, 5.41) is 33.7. The van der Waals surface area contributed by atoms with Gasteiger partial charge in [-0.15, -0.1) is 0 Å². The number of nitrogens with one attached hydrogen (secondary N) is 1. The number of aliphatic hydroxyl groups is 2. The predicted molar refractivity (Wildman–Crippen MR) is 146 cm³/mol. The first-order chi connectivity index (χ1) is 19.8. The number of pyridine rings is 2. The zero-order chi connectivity index (χ0) is 30.2. The largest absolute Gasteiger partial charge is 0.472 e. The molecular weight excluding hydrogens is 558 g/mol. The third-order valence-corrected chi connectivity index (χ3v) is 7.46. The van der Waals surface area contributed by atoms with E-state index in [1.54, 1.807) is 23.3 Å². The number of hydrogen-bond acceptors (Lipinski definition) is 8. The number of rotatable bonds is 9. The lowest BCUT2D eigenvalue weighted by atomic mass is 9.93. The topological polar surface area (TPSA) is 123 Å². The first-order valence-electron chi connectivity index (χ1n) is 13.8. The standard InChI is InChI=1S/C28H33F4N7O3/c1-4-33-23-11-21-19(13-35-23)25(16-12-36-38(14-16)15-22(40)27(2,3)41)37-39(21)17-5-7-18(8-6-17)42-26-24(29)20(9-10-34-26)28(30,31)32/h9-14,17-18,22,40-41H,4-8,15H2,1-3H3,(H,33,35)/t17?,18?,22-/m1/s1.